The lowest BCUT2D eigenvalue weighted by Gasteiger charge is -2.33. The quantitative estimate of drug-likeness (QED) is 0.736. The fourth-order valence-corrected chi connectivity index (χ4v) is 4.84. The minimum Gasteiger partial charge on any atom is -0.458 e. The van der Waals surface area contributed by atoms with E-state index in [1.54, 1.807) is 11.5 Å². The highest BCUT2D eigenvalue weighted by molar-refractivity contribution is 6.30. The van der Waals surface area contributed by atoms with E-state index in [1.807, 2.05) is 24.3 Å². The molecule has 2 N–H and O–H groups in total. The monoisotopic (exact) mass is 386 g/mol. The number of halogens is 1. The van der Waals surface area contributed by atoms with E-state index in [0.717, 1.165) is 23.4 Å². The number of cyclic esters (lactones) is 1. The summed E-state index contributed by atoms with van der Waals surface area (Å²) in [4.78, 5) is 25.3. The van der Waals surface area contributed by atoms with Crippen LogP contribution in [0.1, 0.15) is 41.8 Å². The van der Waals surface area contributed by atoms with Gasteiger partial charge in [0.25, 0.3) is 5.56 Å². The van der Waals surface area contributed by atoms with Gasteiger partial charge in [-0.3, -0.25) is 4.79 Å². The minimum atomic E-state index is -1.76. The van der Waals surface area contributed by atoms with Gasteiger partial charge in [0.2, 0.25) is 0 Å². The van der Waals surface area contributed by atoms with E-state index < -0.39 is 11.6 Å². The van der Waals surface area contributed by atoms with Crippen LogP contribution in [0.5, 0.6) is 0 Å². The highest BCUT2D eigenvalue weighted by Gasteiger charge is 2.47. The smallest absolute Gasteiger partial charge is 0.343 e. The molecule has 3 aliphatic rings. The second kappa shape index (κ2) is 5.59. The number of aromatic nitrogens is 1. The van der Waals surface area contributed by atoms with Crippen molar-refractivity contribution in [2.24, 2.45) is 5.92 Å². The molecule has 0 spiro atoms. The van der Waals surface area contributed by atoms with Gasteiger partial charge in [-0.25, -0.2) is 4.79 Å². The molecule has 6 nitrogen and oxygen atoms in total. The van der Waals surface area contributed by atoms with E-state index in [9.17, 15) is 14.7 Å². The predicted molar refractivity (Wildman–Crippen MR) is 99.7 cm³/mol. The summed E-state index contributed by atoms with van der Waals surface area (Å²) < 4.78 is 6.86. The highest BCUT2D eigenvalue weighted by Crippen LogP contribution is 2.44. The number of anilines is 1. The summed E-state index contributed by atoms with van der Waals surface area (Å²) in [6.07, 6.45) is 0.970. The molecule has 0 fully saturated rings. The first-order valence-corrected chi connectivity index (χ1v) is 9.52. The van der Waals surface area contributed by atoms with Gasteiger partial charge in [-0.05, 0) is 42.7 Å². The normalized spacial score (nSPS) is 27.7. The Morgan fingerprint density at radius 3 is 2.96 bits per heavy atom. The van der Waals surface area contributed by atoms with Gasteiger partial charge in [-0.2, -0.15) is 0 Å². The summed E-state index contributed by atoms with van der Waals surface area (Å²) in [7, 11) is 0. The number of hydrogen-bond donors (Lipinski definition) is 2. The molecule has 3 atom stereocenters. The summed E-state index contributed by atoms with van der Waals surface area (Å²) in [5.74, 6) is -0.480. The topological polar surface area (TPSA) is 80.6 Å². The first-order chi connectivity index (χ1) is 12.9. The molecular weight excluding hydrogens is 368 g/mol. The molecule has 27 heavy (non-hydrogen) atoms. The molecule has 5 rings (SSSR count). The number of ether oxygens (including phenoxy) is 1. The lowest BCUT2D eigenvalue weighted by atomic mass is 9.84. The van der Waals surface area contributed by atoms with Crippen LogP contribution in [0.15, 0.2) is 29.1 Å². The lowest BCUT2D eigenvalue weighted by Crippen LogP contribution is -2.44. The van der Waals surface area contributed by atoms with Gasteiger partial charge in [-0.1, -0.05) is 18.5 Å². The van der Waals surface area contributed by atoms with Crippen molar-refractivity contribution in [3.63, 3.8) is 0 Å². The number of aliphatic hydroxyl groups is 1. The van der Waals surface area contributed by atoms with E-state index in [4.69, 9.17) is 16.3 Å². The Morgan fingerprint density at radius 2 is 2.19 bits per heavy atom. The van der Waals surface area contributed by atoms with Gasteiger partial charge in [0.1, 0.15) is 6.61 Å². The van der Waals surface area contributed by atoms with Crippen LogP contribution < -0.4 is 10.9 Å². The summed E-state index contributed by atoms with van der Waals surface area (Å²) in [6.45, 7) is 2.21. The number of esters is 1. The number of pyridine rings is 1. The molecule has 0 saturated carbocycles. The molecule has 0 bridgehead atoms. The maximum absolute atomic E-state index is 13.1. The Kier molecular flexibility index (Phi) is 3.49. The SMILES string of the molecule is CC[C@@]1(O)C(=O)OCc2c1cc1n(c2=O)CC2Cc3cc(Cl)ccc3NC12. The maximum Gasteiger partial charge on any atom is 0.343 e. The predicted octanol–water partition coefficient (Wildman–Crippen LogP) is 2.50. The van der Waals surface area contributed by atoms with Crippen molar-refractivity contribution in [3.05, 3.63) is 62.0 Å². The fourth-order valence-electron chi connectivity index (χ4n) is 4.64. The van der Waals surface area contributed by atoms with Crippen LogP contribution in [-0.4, -0.2) is 15.6 Å². The zero-order chi connectivity index (χ0) is 18.9. The number of hydrogen-bond acceptors (Lipinski definition) is 5. The third-order valence-electron chi connectivity index (χ3n) is 6.14. The molecule has 7 heteroatoms. The van der Waals surface area contributed by atoms with Crippen LogP contribution in [0.3, 0.4) is 0 Å². The van der Waals surface area contributed by atoms with Crippen LogP contribution in [0, 0.1) is 5.92 Å². The molecule has 4 heterocycles. The third-order valence-corrected chi connectivity index (χ3v) is 6.38. The molecule has 3 aliphatic heterocycles. The largest absolute Gasteiger partial charge is 0.458 e. The summed E-state index contributed by atoms with van der Waals surface area (Å²) >= 11 is 6.12. The van der Waals surface area contributed by atoms with Crippen LogP contribution in [0.25, 0.3) is 0 Å². The number of nitrogens with zero attached hydrogens (tertiary/aromatic N) is 1. The Morgan fingerprint density at radius 1 is 1.37 bits per heavy atom. The number of carbonyl (C=O) groups excluding carboxylic acids is 1. The summed E-state index contributed by atoms with van der Waals surface area (Å²) in [5.41, 5.74) is 1.78. The zero-order valence-corrected chi connectivity index (χ0v) is 15.5. The Hall–Kier alpha value is -2.31. The molecule has 1 aromatic carbocycles. The number of rotatable bonds is 1. The number of carbonyl (C=O) groups is 1. The average Bonchev–Trinajstić information content (AvgIpc) is 3.01. The maximum atomic E-state index is 13.1. The molecule has 1 aromatic heterocycles. The fraction of sp³-hybridized carbons (Fsp3) is 0.400. The molecule has 0 amide bonds. The van der Waals surface area contributed by atoms with E-state index in [-0.39, 0.29) is 30.5 Å². The second-order valence-electron chi connectivity index (χ2n) is 7.55. The number of fused-ring (bicyclic) bond motifs is 5. The first-order valence-electron chi connectivity index (χ1n) is 9.14. The number of nitrogens with one attached hydrogen (secondary N) is 1. The van der Waals surface area contributed by atoms with Crippen molar-refractivity contribution in [2.75, 3.05) is 5.32 Å². The van der Waals surface area contributed by atoms with Crippen molar-refractivity contribution in [2.45, 2.75) is 44.6 Å². The average molecular weight is 387 g/mol. The molecule has 2 unspecified atom stereocenters. The van der Waals surface area contributed by atoms with Crippen molar-refractivity contribution in [1.82, 2.24) is 4.57 Å². The standard InChI is InChI=1S/C20H19ClN2O4/c1-2-20(26)14-7-16-17-11(5-10-6-12(21)3-4-15(10)22-17)8-23(16)18(24)13(14)9-27-19(20)25/h3-4,6-7,11,17,22,26H,2,5,8-9H2,1H3/t11?,17?,20-/m0/s1. The van der Waals surface area contributed by atoms with Gasteiger partial charge in [-0.15, -0.1) is 0 Å². The van der Waals surface area contributed by atoms with Crippen molar-refractivity contribution < 1.29 is 14.6 Å². The van der Waals surface area contributed by atoms with Gasteiger partial charge < -0.3 is 19.7 Å². The molecule has 0 aliphatic carbocycles. The van der Waals surface area contributed by atoms with E-state index in [0.29, 0.717) is 22.7 Å². The van der Waals surface area contributed by atoms with Crippen molar-refractivity contribution >= 4 is 23.3 Å². The van der Waals surface area contributed by atoms with Gasteiger partial charge >= 0.3 is 5.97 Å². The second-order valence-corrected chi connectivity index (χ2v) is 7.99. The summed E-state index contributed by atoms with van der Waals surface area (Å²) in [6, 6.07) is 7.52. The Balaban J connectivity index is 1.65. The van der Waals surface area contributed by atoms with Crippen LogP contribution in [-0.2, 0) is 34.7 Å². The van der Waals surface area contributed by atoms with E-state index in [1.165, 1.54) is 0 Å². The molecule has 0 radical (unpaired) electrons. The summed E-state index contributed by atoms with van der Waals surface area (Å²) in [5, 5.41) is 15.1. The number of benzene rings is 1. The lowest BCUT2D eigenvalue weighted by molar-refractivity contribution is -0.172. The zero-order valence-electron chi connectivity index (χ0n) is 14.8. The van der Waals surface area contributed by atoms with Crippen LogP contribution >= 0.6 is 11.6 Å². The third kappa shape index (κ3) is 2.23. The Bertz CT molecular complexity index is 1050. The van der Waals surface area contributed by atoms with Gasteiger partial charge in [0.05, 0.1) is 11.6 Å². The van der Waals surface area contributed by atoms with E-state index >= 15 is 0 Å². The highest BCUT2D eigenvalue weighted by atomic mass is 35.5. The van der Waals surface area contributed by atoms with Gasteiger partial charge in [0.15, 0.2) is 5.60 Å². The van der Waals surface area contributed by atoms with Crippen molar-refractivity contribution in [1.29, 1.82) is 0 Å². The minimum absolute atomic E-state index is 0.0456. The van der Waals surface area contributed by atoms with Crippen LogP contribution in [0.2, 0.25) is 5.02 Å². The molecule has 0 saturated heterocycles. The Labute approximate surface area is 160 Å². The molecular formula is C20H19ClN2O4. The first kappa shape index (κ1) is 16.8. The molecule has 2 aromatic rings. The van der Waals surface area contributed by atoms with Crippen LogP contribution in [0.4, 0.5) is 5.69 Å². The van der Waals surface area contributed by atoms with Gasteiger partial charge in [0, 0.05) is 34.4 Å². The van der Waals surface area contributed by atoms with E-state index in [2.05, 4.69) is 5.32 Å². The van der Waals surface area contributed by atoms with Crippen molar-refractivity contribution in [3.8, 4) is 0 Å². The molecule has 140 valence electrons.